The number of rotatable bonds is 2. The van der Waals surface area contributed by atoms with E-state index in [1.807, 2.05) is 0 Å². The van der Waals surface area contributed by atoms with E-state index in [2.05, 4.69) is 4.74 Å². The van der Waals surface area contributed by atoms with E-state index < -0.39 is 11.6 Å². The van der Waals surface area contributed by atoms with E-state index in [0.717, 1.165) is 0 Å². The van der Waals surface area contributed by atoms with Gasteiger partial charge in [-0.25, -0.2) is 4.79 Å². The first-order chi connectivity index (χ1) is 4.00. The number of carbonyl (C=O) groups is 1. The highest BCUT2D eigenvalue weighted by Gasteiger charge is 2.28. The summed E-state index contributed by atoms with van der Waals surface area (Å²) in [4.78, 5) is 10.1. The third kappa shape index (κ3) is 2.00. The molecule has 0 rings (SSSR count). The van der Waals surface area contributed by atoms with Crippen molar-refractivity contribution >= 4 is 5.97 Å². The highest BCUT2D eigenvalue weighted by Crippen LogP contribution is 2.06. The first kappa shape index (κ1) is 7.76. The summed E-state index contributed by atoms with van der Waals surface area (Å²) in [6.07, 6.45) is 1.31. The van der Waals surface area contributed by atoms with Crippen LogP contribution in [0.15, 0.2) is 0 Å². The number of nitrogens with zero attached hydrogens (tertiary/aromatic N) is 1. The highest BCUT2D eigenvalue weighted by atomic mass is 16.5. The lowest BCUT2D eigenvalue weighted by Gasteiger charge is -2.13. The molecular formula is C5H7NO3. The molecule has 50 valence electrons. The van der Waals surface area contributed by atoms with Crippen LogP contribution in [0.3, 0.4) is 0 Å². The first-order valence-corrected chi connectivity index (χ1v) is 2.31. The summed E-state index contributed by atoms with van der Waals surface area (Å²) in [6.45, 7) is 2.61. The summed E-state index contributed by atoms with van der Waals surface area (Å²) in [6, 6.07) is 0. The zero-order valence-electron chi connectivity index (χ0n) is 5.21. The number of nitriles is 1. The fourth-order valence-electron chi connectivity index (χ4n) is 0.158. The number of carboxylic acids is 1. The number of carboxylic acid groups (broad SMARTS) is 1. The molecule has 0 saturated carbocycles. The summed E-state index contributed by atoms with van der Waals surface area (Å²) in [5.74, 6) is -1.15. The van der Waals surface area contributed by atoms with Gasteiger partial charge >= 0.3 is 5.97 Å². The van der Waals surface area contributed by atoms with Crippen molar-refractivity contribution in [3.05, 3.63) is 0 Å². The average molecular weight is 129 g/mol. The minimum atomic E-state index is -1.39. The summed E-state index contributed by atoms with van der Waals surface area (Å²) >= 11 is 0. The van der Waals surface area contributed by atoms with Crippen molar-refractivity contribution < 1.29 is 14.6 Å². The maximum Gasteiger partial charge on any atom is 0.348 e. The van der Waals surface area contributed by atoms with Crippen LogP contribution in [0.2, 0.25) is 0 Å². The molecule has 0 aromatic heterocycles. The number of ether oxygens (including phenoxy) is 1. The summed E-state index contributed by atoms with van der Waals surface area (Å²) < 4.78 is 4.20. The van der Waals surface area contributed by atoms with E-state index in [1.54, 1.807) is 0 Å². The minimum Gasteiger partial charge on any atom is -0.478 e. The Bertz CT molecular complexity index is 156. The third-order valence-electron chi connectivity index (χ3n) is 0.816. The normalized spacial score (nSPS) is 9.89. The van der Waals surface area contributed by atoms with Crippen LogP contribution in [0.25, 0.3) is 0 Å². The lowest BCUT2D eigenvalue weighted by molar-refractivity contribution is -0.154. The molecule has 0 spiro atoms. The monoisotopic (exact) mass is 129 g/mol. The molecule has 4 heteroatoms. The lowest BCUT2D eigenvalue weighted by Crippen LogP contribution is -2.32. The maximum atomic E-state index is 10.1. The molecule has 0 unspecified atom stereocenters. The predicted octanol–water partition coefficient (Wildman–Crippen LogP) is 0.347. The van der Waals surface area contributed by atoms with Gasteiger partial charge in [-0.2, -0.15) is 5.26 Å². The van der Waals surface area contributed by atoms with Gasteiger partial charge in [0, 0.05) is 0 Å². The van der Waals surface area contributed by atoms with Gasteiger partial charge in [-0.05, 0) is 13.8 Å². The molecule has 4 nitrogen and oxygen atoms in total. The van der Waals surface area contributed by atoms with Crippen LogP contribution in [0.4, 0.5) is 0 Å². The Morgan fingerprint density at radius 2 is 2.22 bits per heavy atom. The Morgan fingerprint density at radius 3 is 2.33 bits per heavy atom. The lowest BCUT2D eigenvalue weighted by atomic mass is 10.1. The van der Waals surface area contributed by atoms with Crippen molar-refractivity contribution in [2.24, 2.45) is 0 Å². The fourth-order valence-corrected chi connectivity index (χ4v) is 0.158. The van der Waals surface area contributed by atoms with Crippen LogP contribution < -0.4 is 0 Å². The standard InChI is InChI=1S/C5H7NO3/c1-5(2,4(7)8)9-3-6/h1-2H3,(H,7,8). The van der Waals surface area contributed by atoms with E-state index in [1.165, 1.54) is 20.1 Å². The van der Waals surface area contributed by atoms with E-state index in [-0.39, 0.29) is 0 Å². The van der Waals surface area contributed by atoms with Crippen molar-refractivity contribution in [1.29, 1.82) is 5.26 Å². The molecule has 0 saturated heterocycles. The SMILES string of the molecule is CC(C)(OC#N)C(=O)O. The van der Waals surface area contributed by atoms with E-state index >= 15 is 0 Å². The van der Waals surface area contributed by atoms with E-state index in [0.29, 0.717) is 0 Å². The zero-order chi connectivity index (χ0) is 7.49. The molecular weight excluding hydrogens is 122 g/mol. The number of hydrogen-bond acceptors (Lipinski definition) is 3. The topological polar surface area (TPSA) is 70.3 Å². The summed E-state index contributed by atoms with van der Waals surface area (Å²) in [5.41, 5.74) is -1.39. The van der Waals surface area contributed by atoms with Crippen LogP contribution >= 0.6 is 0 Å². The Kier molecular flexibility index (Phi) is 2.03. The molecule has 0 aromatic carbocycles. The molecule has 9 heavy (non-hydrogen) atoms. The van der Waals surface area contributed by atoms with Gasteiger partial charge in [0.2, 0.25) is 5.60 Å². The van der Waals surface area contributed by atoms with Crippen LogP contribution in [0.5, 0.6) is 0 Å². The van der Waals surface area contributed by atoms with Crippen LogP contribution in [0.1, 0.15) is 13.8 Å². The Morgan fingerprint density at radius 1 is 1.78 bits per heavy atom. The number of aliphatic carboxylic acids is 1. The van der Waals surface area contributed by atoms with Crippen molar-refractivity contribution in [2.75, 3.05) is 0 Å². The molecule has 0 aromatic rings. The maximum absolute atomic E-state index is 10.1. The van der Waals surface area contributed by atoms with Gasteiger partial charge in [0.05, 0.1) is 0 Å². The number of hydrogen-bond donors (Lipinski definition) is 1. The Hall–Kier alpha value is -1.24. The second-order valence-electron chi connectivity index (χ2n) is 2.01. The van der Waals surface area contributed by atoms with Crippen LogP contribution in [-0.4, -0.2) is 16.7 Å². The quantitative estimate of drug-likeness (QED) is 0.546. The van der Waals surface area contributed by atoms with Crippen molar-refractivity contribution in [1.82, 2.24) is 0 Å². The molecule has 0 heterocycles. The van der Waals surface area contributed by atoms with Gasteiger partial charge in [0.25, 0.3) is 6.26 Å². The Balaban J connectivity index is 4.06. The molecule has 0 aliphatic heterocycles. The summed E-state index contributed by atoms with van der Waals surface area (Å²) in [7, 11) is 0. The highest BCUT2D eigenvalue weighted by molar-refractivity contribution is 5.76. The molecule has 0 fully saturated rings. The molecule has 0 aliphatic carbocycles. The van der Waals surface area contributed by atoms with Crippen molar-refractivity contribution in [3.8, 4) is 6.26 Å². The van der Waals surface area contributed by atoms with Gasteiger partial charge in [-0.3, -0.25) is 0 Å². The van der Waals surface area contributed by atoms with Gasteiger partial charge in [-0.15, -0.1) is 0 Å². The van der Waals surface area contributed by atoms with Crippen LogP contribution in [0, 0.1) is 11.5 Å². The predicted molar refractivity (Wildman–Crippen MR) is 28.4 cm³/mol. The molecule has 0 bridgehead atoms. The van der Waals surface area contributed by atoms with E-state index in [4.69, 9.17) is 10.4 Å². The zero-order valence-corrected chi connectivity index (χ0v) is 5.21. The smallest absolute Gasteiger partial charge is 0.348 e. The van der Waals surface area contributed by atoms with Gasteiger partial charge in [0.1, 0.15) is 0 Å². The molecule has 0 radical (unpaired) electrons. The van der Waals surface area contributed by atoms with Crippen LogP contribution in [-0.2, 0) is 9.53 Å². The van der Waals surface area contributed by atoms with Gasteiger partial charge in [0.15, 0.2) is 0 Å². The minimum absolute atomic E-state index is 1.15. The molecule has 1 N–H and O–H groups in total. The summed E-state index contributed by atoms with van der Waals surface area (Å²) in [5, 5.41) is 16.2. The first-order valence-electron chi connectivity index (χ1n) is 2.31. The second kappa shape index (κ2) is 2.35. The molecule has 0 amide bonds. The average Bonchev–Trinajstić information content (AvgIpc) is 1.65. The van der Waals surface area contributed by atoms with Crippen molar-refractivity contribution in [2.45, 2.75) is 19.4 Å². The van der Waals surface area contributed by atoms with Crippen molar-refractivity contribution in [3.63, 3.8) is 0 Å². The fraction of sp³-hybridized carbons (Fsp3) is 0.600. The molecule has 0 atom stereocenters. The third-order valence-corrected chi connectivity index (χ3v) is 0.816. The van der Waals surface area contributed by atoms with Gasteiger partial charge in [-0.1, -0.05) is 0 Å². The van der Waals surface area contributed by atoms with Gasteiger partial charge < -0.3 is 9.84 Å². The largest absolute Gasteiger partial charge is 0.478 e. The Labute approximate surface area is 52.7 Å². The second-order valence-corrected chi connectivity index (χ2v) is 2.01. The molecule has 0 aliphatic rings. The van der Waals surface area contributed by atoms with E-state index in [9.17, 15) is 4.79 Å².